The summed E-state index contributed by atoms with van der Waals surface area (Å²) in [6.07, 6.45) is 4.35. The highest BCUT2D eigenvalue weighted by atomic mass is 79.9. The fourth-order valence-corrected chi connectivity index (χ4v) is 5.07. The largest absolute Gasteiger partial charge is 0.508 e. The number of pyridine rings is 1. The highest BCUT2D eigenvalue weighted by Crippen LogP contribution is 2.28. The number of nitrogens with zero attached hydrogens (tertiary/aromatic N) is 3. The first-order chi connectivity index (χ1) is 18.2. The second kappa shape index (κ2) is 12.7. The molecule has 199 valence electrons. The molecular weight excluding hydrogens is 566 g/mol. The van der Waals surface area contributed by atoms with Crippen LogP contribution >= 0.6 is 27.5 Å². The van der Waals surface area contributed by atoms with Crippen LogP contribution in [-0.4, -0.2) is 26.5 Å². The molecule has 2 aromatic carbocycles. The standard InChI is InChI=1S/C30H32BrClN3O3/c1-19(2)38-24-10-8-21(25(32)17-24)14-20(3)7-12-30(37)33-18-26-27(35-13-5-4-6-29(35)34-26)16-22-15-23(31)9-11-28(22)36/h4-6,8-11,13,15,17,19-20,36H,7,12,14,16,18H2,1-3H3. The lowest BCUT2D eigenvalue weighted by atomic mass is 9.96. The van der Waals surface area contributed by atoms with Gasteiger partial charge in [0.1, 0.15) is 17.1 Å². The number of halogens is 2. The zero-order valence-corrected chi connectivity index (χ0v) is 24.2. The quantitative estimate of drug-likeness (QED) is 0.200. The van der Waals surface area contributed by atoms with Crippen LogP contribution in [0.2, 0.25) is 5.02 Å². The Kier molecular flexibility index (Phi) is 9.34. The molecule has 1 atom stereocenters. The molecule has 2 aromatic heterocycles. The average Bonchev–Trinajstić information content (AvgIpc) is 3.22. The first-order valence-corrected chi connectivity index (χ1v) is 13.9. The Morgan fingerprint density at radius 2 is 1.95 bits per heavy atom. The first-order valence-electron chi connectivity index (χ1n) is 12.8. The fourth-order valence-electron chi connectivity index (χ4n) is 4.41. The van der Waals surface area contributed by atoms with E-state index in [-0.39, 0.29) is 30.2 Å². The van der Waals surface area contributed by atoms with Gasteiger partial charge >= 0.3 is 0 Å². The molecule has 1 amide bonds. The lowest BCUT2D eigenvalue weighted by molar-refractivity contribution is -0.121. The van der Waals surface area contributed by atoms with E-state index in [0.717, 1.165) is 44.8 Å². The van der Waals surface area contributed by atoms with Gasteiger partial charge in [0.15, 0.2) is 0 Å². The van der Waals surface area contributed by atoms with Gasteiger partial charge in [0.2, 0.25) is 5.91 Å². The first kappa shape index (κ1) is 28.0. The predicted octanol–water partition coefficient (Wildman–Crippen LogP) is 7.12. The number of carbonyl (C=O) groups is 1. The molecule has 38 heavy (non-hydrogen) atoms. The number of benzene rings is 2. The molecule has 0 saturated heterocycles. The number of imidazole rings is 1. The van der Waals surface area contributed by atoms with Crippen molar-refractivity contribution in [3.63, 3.8) is 0 Å². The van der Waals surface area contributed by atoms with Gasteiger partial charge in [-0.2, -0.15) is 0 Å². The van der Waals surface area contributed by atoms with Crippen molar-refractivity contribution < 1.29 is 14.6 Å². The maximum atomic E-state index is 12.7. The molecule has 0 bridgehead atoms. The summed E-state index contributed by atoms with van der Waals surface area (Å²) in [4.78, 5) is 17.4. The Morgan fingerprint density at radius 3 is 2.71 bits per heavy atom. The van der Waals surface area contributed by atoms with Crippen molar-refractivity contribution in [3.05, 3.63) is 92.8 Å². The van der Waals surface area contributed by atoms with Crippen molar-refractivity contribution in [3.8, 4) is 11.5 Å². The van der Waals surface area contributed by atoms with Crippen molar-refractivity contribution in [1.29, 1.82) is 0 Å². The molecule has 0 fully saturated rings. The Labute approximate surface area is 237 Å². The Hall–Kier alpha value is -3.03. The summed E-state index contributed by atoms with van der Waals surface area (Å²) in [5, 5.41) is 15.4. The molecule has 1 unspecified atom stereocenters. The van der Waals surface area contributed by atoms with Crippen LogP contribution in [0.3, 0.4) is 0 Å². The minimum atomic E-state index is -0.142. The number of hydrogen-bond acceptors (Lipinski definition) is 4. The third kappa shape index (κ3) is 7.29. The molecule has 4 aromatic rings. The number of ether oxygens (including phenoxy) is 1. The zero-order valence-electron chi connectivity index (χ0n) is 21.8. The van der Waals surface area contributed by atoms with E-state index in [0.29, 0.717) is 24.3 Å². The second-order valence-corrected chi connectivity index (χ2v) is 11.2. The Bertz CT molecular complexity index is 1420. The van der Waals surface area contributed by atoms with Crippen LogP contribution in [0, 0.1) is 5.92 Å². The predicted molar refractivity (Wildman–Crippen MR) is 154 cm³/mol. The Balaban J connectivity index is 1.36. The number of aromatic hydroxyl groups is 1. The molecule has 1 radical (unpaired) electrons. The average molecular weight is 598 g/mol. The summed E-state index contributed by atoms with van der Waals surface area (Å²) in [5.41, 5.74) is 4.23. The lowest BCUT2D eigenvalue weighted by Crippen LogP contribution is -2.17. The summed E-state index contributed by atoms with van der Waals surface area (Å²) in [6.45, 7) is 6.28. The van der Waals surface area contributed by atoms with Gasteiger partial charge in [0, 0.05) is 34.1 Å². The van der Waals surface area contributed by atoms with Crippen molar-refractivity contribution in [1.82, 2.24) is 14.7 Å². The van der Waals surface area contributed by atoms with E-state index < -0.39 is 0 Å². The number of phenolic OH excluding ortho intramolecular Hbond substituents is 1. The van der Waals surface area contributed by atoms with Crippen molar-refractivity contribution in [2.24, 2.45) is 5.92 Å². The molecule has 8 heteroatoms. The van der Waals surface area contributed by atoms with Gasteiger partial charge in [-0.3, -0.25) is 4.79 Å². The van der Waals surface area contributed by atoms with Crippen LogP contribution in [0.1, 0.15) is 56.1 Å². The van der Waals surface area contributed by atoms with Crippen LogP contribution in [-0.2, 0) is 24.2 Å². The molecule has 2 heterocycles. The second-order valence-electron chi connectivity index (χ2n) is 9.86. The molecule has 0 aliphatic rings. The van der Waals surface area contributed by atoms with Gasteiger partial charge in [-0.05, 0) is 80.6 Å². The van der Waals surface area contributed by atoms with Crippen LogP contribution in [0.25, 0.3) is 5.65 Å². The summed E-state index contributed by atoms with van der Waals surface area (Å²) >= 11 is 9.94. The molecule has 4 rings (SSSR count). The summed E-state index contributed by atoms with van der Waals surface area (Å²) in [7, 11) is 0. The number of carbonyl (C=O) groups excluding carboxylic acids is 1. The van der Waals surface area contributed by atoms with Crippen LogP contribution < -0.4 is 10.1 Å². The van der Waals surface area contributed by atoms with Crippen LogP contribution in [0.5, 0.6) is 11.5 Å². The van der Waals surface area contributed by atoms with E-state index in [4.69, 9.17) is 21.3 Å². The topological polar surface area (TPSA) is 77.9 Å². The van der Waals surface area contributed by atoms with E-state index in [1.165, 1.54) is 0 Å². The lowest BCUT2D eigenvalue weighted by Gasteiger charge is -2.14. The zero-order chi connectivity index (χ0) is 27.2. The molecular formula is C30H32BrClN3O3. The van der Waals surface area contributed by atoms with Gasteiger partial charge in [0.05, 0.1) is 24.0 Å². The molecule has 0 aliphatic carbocycles. The van der Waals surface area contributed by atoms with Gasteiger partial charge < -0.3 is 14.2 Å². The smallest absolute Gasteiger partial charge is 0.241 e. The van der Waals surface area contributed by atoms with Gasteiger partial charge in [-0.1, -0.05) is 46.6 Å². The number of rotatable bonds is 11. The van der Waals surface area contributed by atoms with Gasteiger partial charge in [-0.25, -0.2) is 10.3 Å². The third-order valence-corrected chi connectivity index (χ3v) is 7.18. The van der Waals surface area contributed by atoms with Crippen LogP contribution in [0.15, 0.2) is 65.3 Å². The minimum absolute atomic E-state index is 0.0925. The van der Waals surface area contributed by atoms with Crippen molar-refractivity contribution >= 4 is 39.1 Å². The number of amides is 1. The summed E-state index contributed by atoms with van der Waals surface area (Å²) in [5.74, 6) is 1.11. The van der Waals surface area contributed by atoms with Crippen LogP contribution in [0.4, 0.5) is 0 Å². The molecule has 6 nitrogen and oxygen atoms in total. The van der Waals surface area contributed by atoms with E-state index in [1.807, 2.05) is 66.9 Å². The number of aromatic nitrogens is 2. The summed E-state index contributed by atoms with van der Waals surface area (Å²) in [6, 6.07) is 16.9. The minimum Gasteiger partial charge on any atom is -0.508 e. The SMILES string of the molecule is CC(CCC(=O)[N]Cc1nc2ccccn2c1Cc1cc(Br)ccc1O)Cc1ccc(OC(C)C)cc1Cl. The third-order valence-electron chi connectivity index (χ3n) is 6.33. The molecule has 0 spiro atoms. The van der Waals surface area contributed by atoms with Gasteiger partial charge in [-0.15, -0.1) is 0 Å². The van der Waals surface area contributed by atoms with Crippen molar-refractivity contribution in [2.45, 2.75) is 59.1 Å². The fraction of sp³-hybridized carbons (Fsp3) is 0.333. The maximum Gasteiger partial charge on any atom is 0.241 e. The van der Waals surface area contributed by atoms with E-state index in [9.17, 15) is 9.90 Å². The summed E-state index contributed by atoms with van der Waals surface area (Å²) < 4.78 is 8.58. The Morgan fingerprint density at radius 1 is 1.13 bits per heavy atom. The number of phenols is 1. The van der Waals surface area contributed by atoms with E-state index in [1.54, 1.807) is 12.1 Å². The normalized spacial score (nSPS) is 12.2. The highest BCUT2D eigenvalue weighted by molar-refractivity contribution is 9.10. The molecule has 0 saturated carbocycles. The molecule has 1 N–H and O–H groups in total. The monoisotopic (exact) mass is 596 g/mol. The van der Waals surface area contributed by atoms with Crippen molar-refractivity contribution in [2.75, 3.05) is 0 Å². The number of fused-ring (bicyclic) bond motifs is 1. The van der Waals surface area contributed by atoms with Gasteiger partial charge in [0.25, 0.3) is 0 Å². The number of hydrogen-bond donors (Lipinski definition) is 1. The van der Waals surface area contributed by atoms with E-state index in [2.05, 4.69) is 28.2 Å². The maximum absolute atomic E-state index is 12.7. The highest BCUT2D eigenvalue weighted by Gasteiger charge is 2.17. The molecule has 0 aliphatic heterocycles. The van der Waals surface area contributed by atoms with E-state index >= 15 is 0 Å².